The van der Waals surface area contributed by atoms with Crippen molar-refractivity contribution in [1.82, 2.24) is 5.32 Å². The largest absolute Gasteiger partial charge is 0.344 e. The third-order valence-electron chi connectivity index (χ3n) is 10.9. The standard InChI is InChI=1S/C48H35N3/c1-48(2)41-21-10-9-20-40(41)44-42(48)29-34-16-7-8-19-39(34)43(44)35-17-11-18-36(28-35)45-49-46(37-24-22-30-12-3-5-14-32(30)26-37)51-47(50-45)38-25-23-31-13-4-6-15-33(31)27-38/h3-29,46H,1-2H3,(H,49,50,51). The van der Waals surface area contributed by atoms with Crippen molar-refractivity contribution in [1.29, 1.82) is 0 Å². The monoisotopic (exact) mass is 653 g/mol. The molecule has 0 aromatic heterocycles. The summed E-state index contributed by atoms with van der Waals surface area (Å²) >= 11 is 0. The summed E-state index contributed by atoms with van der Waals surface area (Å²) in [5.41, 5.74) is 10.8. The van der Waals surface area contributed by atoms with Crippen molar-refractivity contribution in [3.05, 3.63) is 192 Å². The molecular formula is C48H35N3. The zero-order valence-corrected chi connectivity index (χ0v) is 28.6. The minimum Gasteiger partial charge on any atom is -0.344 e. The van der Waals surface area contributed by atoms with Gasteiger partial charge in [0.05, 0.1) is 0 Å². The van der Waals surface area contributed by atoms with Gasteiger partial charge in [0, 0.05) is 16.5 Å². The summed E-state index contributed by atoms with van der Waals surface area (Å²) in [6.45, 7) is 4.71. The molecule has 8 aromatic rings. The molecule has 0 radical (unpaired) electrons. The van der Waals surface area contributed by atoms with Gasteiger partial charge < -0.3 is 5.32 Å². The van der Waals surface area contributed by atoms with Gasteiger partial charge >= 0.3 is 0 Å². The van der Waals surface area contributed by atoms with Crippen LogP contribution >= 0.6 is 0 Å². The van der Waals surface area contributed by atoms with Crippen LogP contribution in [0.5, 0.6) is 0 Å². The van der Waals surface area contributed by atoms with E-state index >= 15 is 0 Å². The van der Waals surface area contributed by atoms with Crippen LogP contribution < -0.4 is 5.32 Å². The van der Waals surface area contributed by atoms with Gasteiger partial charge in [0.25, 0.3) is 0 Å². The molecule has 0 spiro atoms. The van der Waals surface area contributed by atoms with Crippen molar-refractivity contribution in [2.45, 2.75) is 25.4 Å². The first-order valence-electron chi connectivity index (χ1n) is 17.7. The third-order valence-corrected chi connectivity index (χ3v) is 10.9. The van der Waals surface area contributed by atoms with Gasteiger partial charge in [-0.25, -0.2) is 9.98 Å². The molecule has 1 atom stereocenters. The second kappa shape index (κ2) is 11.4. The van der Waals surface area contributed by atoms with E-state index in [1.807, 2.05) is 0 Å². The number of amidine groups is 2. The average molecular weight is 654 g/mol. The molecule has 242 valence electrons. The normalized spacial score (nSPS) is 16.0. The van der Waals surface area contributed by atoms with Gasteiger partial charge in [-0.3, -0.25) is 0 Å². The third kappa shape index (κ3) is 4.80. The number of nitrogens with zero attached hydrogens (tertiary/aromatic N) is 2. The predicted octanol–water partition coefficient (Wildman–Crippen LogP) is 11.6. The summed E-state index contributed by atoms with van der Waals surface area (Å²) in [6, 6.07) is 59.1. The molecule has 1 unspecified atom stereocenters. The van der Waals surface area contributed by atoms with Crippen molar-refractivity contribution < 1.29 is 0 Å². The Hall–Kier alpha value is -6.32. The molecule has 51 heavy (non-hydrogen) atoms. The number of hydrogen-bond acceptors (Lipinski definition) is 3. The van der Waals surface area contributed by atoms with E-state index in [0.29, 0.717) is 0 Å². The molecule has 1 aliphatic heterocycles. The Bertz CT molecular complexity index is 2770. The van der Waals surface area contributed by atoms with Crippen LogP contribution in [0, 0.1) is 0 Å². The molecule has 1 N–H and O–H groups in total. The number of benzene rings is 8. The fraction of sp³-hybridized carbons (Fsp3) is 0.0833. The van der Waals surface area contributed by atoms with E-state index in [2.05, 4.69) is 183 Å². The molecule has 0 saturated carbocycles. The minimum absolute atomic E-state index is 0.104. The summed E-state index contributed by atoms with van der Waals surface area (Å²) < 4.78 is 0. The molecule has 2 aliphatic rings. The van der Waals surface area contributed by atoms with Crippen LogP contribution in [0.15, 0.2) is 174 Å². The van der Waals surface area contributed by atoms with E-state index in [1.54, 1.807) is 0 Å². The van der Waals surface area contributed by atoms with Crippen molar-refractivity contribution >= 4 is 44.0 Å². The Morgan fingerprint density at radius 3 is 1.98 bits per heavy atom. The minimum atomic E-state index is -0.304. The maximum Gasteiger partial charge on any atom is 0.159 e. The fourth-order valence-corrected chi connectivity index (χ4v) is 8.24. The van der Waals surface area contributed by atoms with E-state index in [1.165, 1.54) is 65.7 Å². The maximum absolute atomic E-state index is 5.31. The van der Waals surface area contributed by atoms with Gasteiger partial charge in [-0.05, 0) is 95.5 Å². The van der Waals surface area contributed by atoms with E-state index in [9.17, 15) is 0 Å². The second-order valence-corrected chi connectivity index (χ2v) is 14.3. The van der Waals surface area contributed by atoms with Crippen molar-refractivity contribution in [2.24, 2.45) is 9.98 Å². The number of aliphatic imine (C=N–C) groups is 2. The molecule has 3 heteroatoms. The van der Waals surface area contributed by atoms with Crippen LogP contribution in [-0.4, -0.2) is 11.7 Å². The van der Waals surface area contributed by atoms with Crippen molar-refractivity contribution in [3.63, 3.8) is 0 Å². The number of nitrogens with one attached hydrogen (secondary N) is 1. The first kappa shape index (κ1) is 29.6. The fourth-order valence-electron chi connectivity index (χ4n) is 8.24. The lowest BCUT2D eigenvalue weighted by Crippen LogP contribution is -2.33. The Morgan fingerprint density at radius 2 is 1.16 bits per heavy atom. The smallest absolute Gasteiger partial charge is 0.159 e. The van der Waals surface area contributed by atoms with E-state index < -0.39 is 0 Å². The molecular weight excluding hydrogens is 619 g/mol. The number of rotatable bonds is 4. The van der Waals surface area contributed by atoms with Gasteiger partial charge in [-0.1, -0.05) is 153 Å². The number of fused-ring (bicyclic) bond motifs is 6. The van der Waals surface area contributed by atoms with Gasteiger partial charge in [-0.15, -0.1) is 0 Å². The predicted molar refractivity (Wildman–Crippen MR) is 214 cm³/mol. The SMILES string of the molecule is CC1(C)c2ccccc2-c2c1cc1ccccc1c2-c1cccc(C2=NC(c3ccc4ccccc4c3)NC(c3ccc4ccccc4c3)=N2)c1. The highest BCUT2D eigenvalue weighted by molar-refractivity contribution is 6.15. The number of hydrogen-bond donors (Lipinski definition) is 1. The topological polar surface area (TPSA) is 36.8 Å². The van der Waals surface area contributed by atoms with Crippen molar-refractivity contribution in [3.8, 4) is 22.3 Å². The summed E-state index contributed by atoms with van der Waals surface area (Å²) in [5, 5.41) is 11.0. The first-order valence-corrected chi connectivity index (χ1v) is 17.7. The molecule has 1 heterocycles. The molecule has 10 rings (SSSR count). The summed E-state index contributed by atoms with van der Waals surface area (Å²) in [7, 11) is 0. The molecule has 8 aromatic carbocycles. The highest BCUT2D eigenvalue weighted by atomic mass is 15.2. The quantitative estimate of drug-likeness (QED) is 0.202. The molecule has 0 fully saturated rings. The second-order valence-electron chi connectivity index (χ2n) is 14.3. The average Bonchev–Trinajstić information content (AvgIpc) is 3.41. The maximum atomic E-state index is 5.31. The lowest BCUT2D eigenvalue weighted by Gasteiger charge is -2.24. The van der Waals surface area contributed by atoms with Crippen LogP contribution in [0.4, 0.5) is 0 Å². The highest BCUT2D eigenvalue weighted by Gasteiger charge is 2.37. The summed E-state index contributed by atoms with van der Waals surface area (Å²) in [4.78, 5) is 10.6. The van der Waals surface area contributed by atoms with Gasteiger partial charge in [-0.2, -0.15) is 0 Å². The van der Waals surface area contributed by atoms with Crippen molar-refractivity contribution in [2.75, 3.05) is 0 Å². The van der Waals surface area contributed by atoms with E-state index in [0.717, 1.165) is 28.4 Å². The summed E-state index contributed by atoms with van der Waals surface area (Å²) in [5.74, 6) is 1.53. The Kier molecular flexibility index (Phi) is 6.59. The van der Waals surface area contributed by atoms with Gasteiger partial charge in [0.15, 0.2) is 5.84 Å². The van der Waals surface area contributed by atoms with Crippen LogP contribution in [0.1, 0.15) is 47.8 Å². The zero-order chi connectivity index (χ0) is 34.1. The summed E-state index contributed by atoms with van der Waals surface area (Å²) in [6.07, 6.45) is -0.304. The lowest BCUT2D eigenvalue weighted by atomic mass is 9.80. The Balaban J connectivity index is 1.16. The van der Waals surface area contributed by atoms with E-state index in [-0.39, 0.29) is 11.6 Å². The van der Waals surface area contributed by atoms with Gasteiger partial charge in [0.1, 0.15) is 12.0 Å². The molecule has 0 amide bonds. The van der Waals surface area contributed by atoms with Crippen LogP contribution in [0.3, 0.4) is 0 Å². The molecule has 3 nitrogen and oxygen atoms in total. The Morgan fingerprint density at radius 1 is 0.490 bits per heavy atom. The Labute approximate surface area is 297 Å². The van der Waals surface area contributed by atoms with E-state index in [4.69, 9.17) is 9.98 Å². The highest BCUT2D eigenvalue weighted by Crippen LogP contribution is 2.54. The van der Waals surface area contributed by atoms with Crippen LogP contribution in [0.2, 0.25) is 0 Å². The zero-order valence-electron chi connectivity index (χ0n) is 28.6. The molecule has 1 aliphatic carbocycles. The lowest BCUT2D eigenvalue weighted by molar-refractivity contribution is 0.661. The first-order chi connectivity index (χ1) is 25.0. The van der Waals surface area contributed by atoms with Crippen LogP contribution in [-0.2, 0) is 5.41 Å². The van der Waals surface area contributed by atoms with Gasteiger partial charge in [0.2, 0.25) is 0 Å². The molecule has 0 bridgehead atoms. The van der Waals surface area contributed by atoms with Crippen LogP contribution in [0.25, 0.3) is 54.6 Å². The molecule has 0 saturated heterocycles.